The first-order valence-corrected chi connectivity index (χ1v) is 8.91. The molecule has 0 aliphatic rings. The second kappa shape index (κ2) is 6.72. The molecule has 6 nitrogen and oxygen atoms in total. The van der Waals surface area contributed by atoms with Crippen molar-refractivity contribution >= 4 is 22.2 Å². The van der Waals surface area contributed by atoms with Crippen molar-refractivity contribution in [3.05, 3.63) is 77.3 Å². The molecule has 0 saturated carbocycles. The summed E-state index contributed by atoms with van der Waals surface area (Å²) >= 11 is 1.52. The maximum Gasteiger partial charge on any atom is 0.226 e. The van der Waals surface area contributed by atoms with Gasteiger partial charge in [0.2, 0.25) is 5.91 Å². The van der Waals surface area contributed by atoms with Gasteiger partial charge in [-0.1, -0.05) is 12.1 Å². The minimum absolute atomic E-state index is 0.163. The molecule has 1 atom stereocenters. The predicted molar refractivity (Wildman–Crippen MR) is 96.4 cm³/mol. The Hall–Kier alpha value is -3.00. The first-order chi connectivity index (χ1) is 12.6. The summed E-state index contributed by atoms with van der Waals surface area (Å²) in [5.41, 5.74) is 1.46. The number of amides is 1. The number of halogens is 1. The molecule has 0 bridgehead atoms. The average molecular weight is 369 g/mol. The van der Waals surface area contributed by atoms with Gasteiger partial charge in [0, 0.05) is 37.2 Å². The molecule has 4 rings (SSSR count). The van der Waals surface area contributed by atoms with Gasteiger partial charge in [0.05, 0.1) is 12.1 Å². The molecule has 1 N–H and O–H groups in total. The Morgan fingerprint density at radius 1 is 1.31 bits per heavy atom. The predicted octanol–water partition coefficient (Wildman–Crippen LogP) is 2.72. The van der Waals surface area contributed by atoms with E-state index in [1.54, 1.807) is 18.3 Å². The highest BCUT2D eigenvalue weighted by Gasteiger charge is 2.21. The fraction of sp³-hybridized carbons (Fsp3) is 0.167. The Morgan fingerprint density at radius 2 is 2.12 bits per heavy atom. The zero-order valence-corrected chi connectivity index (χ0v) is 14.8. The van der Waals surface area contributed by atoms with Crippen molar-refractivity contribution in [2.24, 2.45) is 7.05 Å². The molecule has 26 heavy (non-hydrogen) atoms. The van der Waals surface area contributed by atoms with E-state index in [1.165, 1.54) is 23.5 Å². The SMILES string of the molecule is Cn1ccnc1C(NC(=O)Cc1cn2ccsc2n1)c1ccc(F)cc1. The van der Waals surface area contributed by atoms with Crippen molar-refractivity contribution in [1.82, 2.24) is 24.3 Å². The quantitative estimate of drug-likeness (QED) is 0.588. The third-order valence-corrected chi connectivity index (χ3v) is 4.88. The van der Waals surface area contributed by atoms with E-state index < -0.39 is 6.04 Å². The summed E-state index contributed by atoms with van der Waals surface area (Å²) in [5, 5.41) is 4.93. The van der Waals surface area contributed by atoms with Crippen molar-refractivity contribution in [2.75, 3.05) is 0 Å². The fourth-order valence-electron chi connectivity index (χ4n) is 2.85. The van der Waals surface area contributed by atoms with Gasteiger partial charge in [-0.3, -0.25) is 9.20 Å². The smallest absolute Gasteiger partial charge is 0.226 e. The molecule has 0 aliphatic heterocycles. The van der Waals surface area contributed by atoms with Crippen LogP contribution in [0.5, 0.6) is 0 Å². The van der Waals surface area contributed by atoms with E-state index in [0.717, 1.165) is 10.5 Å². The molecule has 1 aromatic carbocycles. The van der Waals surface area contributed by atoms with Gasteiger partial charge in [0.25, 0.3) is 0 Å². The second-order valence-corrected chi connectivity index (χ2v) is 6.82. The summed E-state index contributed by atoms with van der Waals surface area (Å²) in [6.45, 7) is 0. The van der Waals surface area contributed by atoms with E-state index in [2.05, 4.69) is 15.3 Å². The van der Waals surface area contributed by atoms with Gasteiger partial charge in [-0.05, 0) is 17.7 Å². The van der Waals surface area contributed by atoms with Crippen molar-refractivity contribution in [1.29, 1.82) is 0 Å². The van der Waals surface area contributed by atoms with E-state index in [9.17, 15) is 9.18 Å². The molecule has 0 fully saturated rings. The van der Waals surface area contributed by atoms with Crippen molar-refractivity contribution < 1.29 is 9.18 Å². The van der Waals surface area contributed by atoms with Crippen LogP contribution in [0.25, 0.3) is 4.96 Å². The molecule has 132 valence electrons. The average Bonchev–Trinajstić information content (AvgIpc) is 3.30. The van der Waals surface area contributed by atoms with Crippen molar-refractivity contribution in [3.8, 4) is 0 Å². The lowest BCUT2D eigenvalue weighted by Crippen LogP contribution is -2.32. The molecule has 4 aromatic rings. The molecule has 1 unspecified atom stereocenters. The number of rotatable bonds is 5. The number of aryl methyl sites for hydroxylation is 1. The number of carbonyl (C=O) groups excluding carboxylic acids is 1. The topological polar surface area (TPSA) is 64.2 Å². The van der Waals surface area contributed by atoms with Crippen LogP contribution in [-0.2, 0) is 18.3 Å². The molecule has 0 aliphatic carbocycles. The zero-order chi connectivity index (χ0) is 18.1. The summed E-state index contributed by atoms with van der Waals surface area (Å²) in [6, 6.07) is 5.59. The van der Waals surface area contributed by atoms with Gasteiger partial charge in [-0.15, -0.1) is 11.3 Å². The summed E-state index contributed by atoms with van der Waals surface area (Å²) in [7, 11) is 1.86. The number of nitrogens with zero attached hydrogens (tertiary/aromatic N) is 4. The van der Waals surface area contributed by atoms with E-state index >= 15 is 0 Å². The van der Waals surface area contributed by atoms with Crippen LogP contribution in [0.4, 0.5) is 4.39 Å². The zero-order valence-electron chi connectivity index (χ0n) is 14.0. The summed E-state index contributed by atoms with van der Waals surface area (Å²) in [5.74, 6) is 0.181. The van der Waals surface area contributed by atoms with Gasteiger partial charge in [-0.2, -0.15) is 0 Å². The largest absolute Gasteiger partial charge is 0.342 e. The van der Waals surface area contributed by atoms with Crippen LogP contribution in [0.3, 0.4) is 0 Å². The van der Waals surface area contributed by atoms with Crippen molar-refractivity contribution in [2.45, 2.75) is 12.5 Å². The van der Waals surface area contributed by atoms with E-state index in [4.69, 9.17) is 0 Å². The van der Waals surface area contributed by atoms with Gasteiger partial charge in [0.1, 0.15) is 17.7 Å². The molecule has 3 heterocycles. The highest BCUT2D eigenvalue weighted by atomic mass is 32.1. The third kappa shape index (κ3) is 3.23. The number of imidazole rings is 2. The number of hydrogen-bond donors (Lipinski definition) is 1. The van der Waals surface area contributed by atoms with E-state index in [0.29, 0.717) is 11.5 Å². The highest BCUT2D eigenvalue weighted by Crippen LogP contribution is 2.21. The van der Waals surface area contributed by atoms with Crippen LogP contribution < -0.4 is 5.32 Å². The van der Waals surface area contributed by atoms with E-state index in [1.807, 2.05) is 40.0 Å². The number of nitrogens with one attached hydrogen (secondary N) is 1. The Balaban J connectivity index is 1.57. The molecular formula is C18H16FN5OS. The molecule has 0 spiro atoms. The molecular weight excluding hydrogens is 353 g/mol. The minimum Gasteiger partial charge on any atom is -0.342 e. The van der Waals surface area contributed by atoms with E-state index in [-0.39, 0.29) is 18.1 Å². The maximum absolute atomic E-state index is 13.3. The first kappa shape index (κ1) is 16.5. The van der Waals surface area contributed by atoms with Crippen molar-refractivity contribution in [3.63, 3.8) is 0 Å². The number of fused-ring (bicyclic) bond motifs is 1. The summed E-state index contributed by atoms with van der Waals surface area (Å²) < 4.78 is 17.0. The van der Waals surface area contributed by atoms with Crippen LogP contribution in [0.2, 0.25) is 0 Å². The lowest BCUT2D eigenvalue weighted by molar-refractivity contribution is -0.121. The Bertz CT molecular complexity index is 1020. The monoisotopic (exact) mass is 369 g/mol. The molecule has 8 heteroatoms. The van der Waals surface area contributed by atoms with Crippen LogP contribution in [0.1, 0.15) is 23.1 Å². The Labute approximate surface area is 152 Å². The molecule has 0 radical (unpaired) electrons. The third-order valence-electron chi connectivity index (χ3n) is 4.11. The maximum atomic E-state index is 13.3. The van der Waals surface area contributed by atoms with Crippen LogP contribution in [0, 0.1) is 5.82 Å². The van der Waals surface area contributed by atoms with Gasteiger partial charge < -0.3 is 9.88 Å². The number of carbonyl (C=O) groups is 1. The Morgan fingerprint density at radius 3 is 2.81 bits per heavy atom. The standard InChI is InChI=1S/C18H16FN5OS/c1-23-7-6-20-17(23)16(12-2-4-13(19)5-3-12)22-15(25)10-14-11-24-8-9-26-18(24)21-14/h2-9,11,16H,10H2,1H3,(H,22,25). The summed E-state index contributed by atoms with van der Waals surface area (Å²) in [6.07, 6.45) is 7.39. The van der Waals surface area contributed by atoms with Crippen LogP contribution in [0.15, 0.2) is 54.4 Å². The number of thiazole rings is 1. The van der Waals surface area contributed by atoms with Crippen LogP contribution in [-0.4, -0.2) is 24.8 Å². The highest BCUT2D eigenvalue weighted by molar-refractivity contribution is 7.15. The number of hydrogen-bond acceptors (Lipinski definition) is 4. The van der Waals surface area contributed by atoms with Gasteiger partial charge in [0.15, 0.2) is 4.96 Å². The normalized spacial score (nSPS) is 12.4. The fourth-order valence-corrected chi connectivity index (χ4v) is 3.56. The number of aromatic nitrogens is 4. The Kier molecular flexibility index (Phi) is 4.26. The van der Waals surface area contributed by atoms with Gasteiger partial charge in [-0.25, -0.2) is 14.4 Å². The summed E-state index contributed by atoms with van der Waals surface area (Å²) in [4.78, 5) is 22.2. The van der Waals surface area contributed by atoms with Crippen LogP contribution >= 0.6 is 11.3 Å². The minimum atomic E-state index is -0.466. The second-order valence-electron chi connectivity index (χ2n) is 5.95. The number of benzene rings is 1. The molecule has 1 amide bonds. The van der Waals surface area contributed by atoms with Gasteiger partial charge >= 0.3 is 0 Å². The first-order valence-electron chi connectivity index (χ1n) is 8.03. The molecule has 3 aromatic heterocycles. The molecule has 0 saturated heterocycles. The lowest BCUT2D eigenvalue weighted by Gasteiger charge is -2.19. The lowest BCUT2D eigenvalue weighted by atomic mass is 10.1.